The minimum atomic E-state index is -0.180. The van der Waals surface area contributed by atoms with Crippen LogP contribution >= 0.6 is 46.4 Å². The van der Waals surface area contributed by atoms with Gasteiger partial charge in [0.1, 0.15) is 22.6 Å². The number of likely N-dealkylation sites (tertiary alicyclic amines) is 1. The van der Waals surface area contributed by atoms with Crippen LogP contribution in [0.3, 0.4) is 0 Å². The molecule has 4 saturated heterocycles. The first-order valence-electron chi connectivity index (χ1n) is 48.1. The number of aryl methyl sites for hydroxylation is 8. The maximum atomic E-state index is 13.7. The average Bonchev–Trinajstić information content (AvgIpc) is 1.50. The molecule has 0 bridgehead atoms. The zero-order chi connectivity index (χ0) is 99.9. The molecule has 12 aromatic heterocycles. The van der Waals surface area contributed by atoms with E-state index in [2.05, 4.69) is 83.4 Å². The Bertz CT molecular complexity index is 7420. The minimum Gasteiger partial charge on any atom is -0.385 e. The third-order valence-corrected chi connectivity index (χ3v) is 26.9. The summed E-state index contributed by atoms with van der Waals surface area (Å²) >= 11 is 26.8. The van der Waals surface area contributed by atoms with Crippen LogP contribution in [0.4, 0.5) is 23.8 Å². The molecule has 143 heavy (non-hydrogen) atoms. The Labute approximate surface area is 846 Å². The number of nitrogens with one attached hydrogen (secondary N) is 5. The van der Waals surface area contributed by atoms with Crippen LogP contribution in [0.25, 0.3) is 134 Å². The van der Waals surface area contributed by atoms with Crippen molar-refractivity contribution in [3.8, 4) is 89.5 Å². The predicted octanol–water partition coefficient (Wildman–Crippen LogP) is 18.9. The monoisotopic (exact) mass is 2000 g/mol. The first-order chi connectivity index (χ1) is 69.4. The van der Waals surface area contributed by atoms with E-state index >= 15 is 0 Å². The molecule has 5 N–H and O–H groups in total. The maximum Gasteiger partial charge on any atom is 0.260 e. The van der Waals surface area contributed by atoms with E-state index in [4.69, 9.17) is 80.3 Å². The number of benzene rings is 4. The van der Waals surface area contributed by atoms with Crippen LogP contribution in [0.5, 0.6) is 0 Å². The standard InChI is InChI=1S/C29H33ClN6O.2C27H28ClN5O3.C25H23ClN6O2/c1-4-36-27-22(18-32-29(34-27)31-13-10-20-11-14-35(3)15-12-20)16-24(28(36)37)23-9-8-21(17-25(23)30)26-7-5-6-19(2)33-26;2*1-17-5-3-6-24(30-17)18-7-8-21(23(28)14-18)22-13-19-15-29-27(31-20-9-12-36-16-20)32-25(19)33(26(22)34)10-4-11-35-2;1-3-32-23-16(12-28-25(31-23)30-17-11-22(33)27-13-17)9-19(24(32)34)18-8-7-15(10-20(18)26)21-6-4-5-14(2)29-21/h5-9,16-18,20H,4,10-15H2,1-3H3,(H,31,32,34);2*3,5-8,13-15,20H,4,9-12,16H2,1-2H3,(H,29,31,32);4-10,12,17H,3,11,13H2,1-2H3,(H,27,33)(H,28,30,31)/t;2*20-;/m.10./s1. The molecule has 16 aromatic rings. The molecule has 0 spiro atoms. The second-order valence-corrected chi connectivity index (χ2v) is 37.6. The van der Waals surface area contributed by atoms with Gasteiger partial charge < -0.3 is 50.4 Å². The predicted molar refractivity (Wildman–Crippen MR) is 567 cm³/mol. The molecule has 0 aliphatic carbocycles. The van der Waals surface area contributed by atoms with Gasteiger partial charge in [0.25, 0.3) is 22.2 Å². The number of carbonyl (C=O) groups is 1. The van der Waals surface area contributed by atoms with E-state index in [1.807, 2.05) is 205 Å². The molecular formula is C108H112Cl4N22O9. The number of hydrogen-bond donors (Lipinski definition) is 5. The number of piperidine rings is 1. The molecular weight excluding hydrogens is 1890 g/mol. The Kier molecular flexibility index (Phi) is 32.8. The smallest absolute Gasteiger partial charge is 0.260 e. The summed E-state index contributed by atoms with van der Waals surface area (Å²) in [4.78, 5) is 123. The number of fused-ring (bicyclic) bond motifs is 4. The van der Waals surface area contributed by atoms with Crippen LogP contribution in [-0.2, 0) is 49.9 Å². The van der Waals surface area contributed by atoms with Crippen molar-refractivity contribution in [3.05, 3.63) is 279 Å². The number of anilines is 4. The van der Waals surface area contributed by atoms with Crippen LogP contribution in [0.2, 0.25) is 20.1 Å². The van der Waals surface area contributed by atoms with Crippen LogP contribution in [0.1, 0.15) is 88.0 Å². The van der Waals surface area contributed by atoms with E-state index in [0.29, 0.717) is 189 Å². The molecule has 736 valence electrons. The summed E-state index contributed by atoms with van der Waals surface area (Å²) in [7, 11) is 5.48. The second kappa shape index (κ2) is 46.5. The van der Waals surface area contributed by atoms with Gasteiger partial charge in [-0.3, -0.25) is 62.2 Å². The summed E-state index contributed by atoms with van der Waals surface area (Å²) in [5.74, 6) is 2.64. The molecule has 1 unspecified atom stereocenters. The normalized spacial score (nSPS) is 15.3. The average molecular weight is 2000 g/mol. The number of pyridine rings is 8. The number of halogens is 4. The van der Waals surface area contributed by atoms with Gasteiger partial charge in [0.15, 0.2) is 0 Å². The number of methoxy groups -OCH3 is 2. The van der Waals surface area contributed by atoms with Crippen LogP contribution < -0.4 is 48.8 Å². The molecule has 31 nitrogen and oxygen atoms in total. The van der Waals surface area contributed by atoms with Crippen molar-refractivity contribution in [1.82, 2.24) is 88.3 Å². The zero-order valence-corrected chi connectivity index (χ0v) is 84.2. The Morgan fingerprint density at radius 2 is 0.727 bits per heavy atom. The molecule has 0 saturated carbocycles. The highest BCUT2D eigenvalue weighted by atomic mass is 35.5. The third-order valence-electron chi connectivity index (χ3n) is 25.7. The number of amides is 1. The van der Waals surface area contributed by atoms with E-state index < -0.39 is 0 Å². The first kappa shape index (κ1) is 101. The van der Waals surface area contributed by atoms with Gasteiger partial charge in [-0.2, -0.15) is 19.9 Å². The van der Waals surface area contributed by atoms with Crippen molar-refractivity contribution >= 4 is 120 Å². The Morgan fingerprint density at radius 3 is 1.03 bits per heavy atom. The number of rotatable bonds is 28. The summed E-state index contributed by atoms with van der Waals surface area (Å²) in [6, 6.07) is 53.6. The number of ether oxygens (including phenoxy) is 4. The van der Waals surface area contributed by atoms with Crippen molar-refractivity contribution < 1.29 is 23.7 Å². The Hall–Kier alpha value is -13.7. The minimum absolute atomic E-state index is 0.00512. The lowest BCUT2D eigenvalue weighted by Gasteiger charge is -2.28. The highest BCUT2D eigenvalue weighted by Gasteiger charge is 2.28. The molecule has 16 heterocycles. The second-order valence-electron chi connectivity index (χ2n) is 36.0. The van der Waals surface area contributed by atoms with Crippen LogP contribution in [0, 0.1) is 33.6 Å². The van der Waals surface area contributed by atoms with E-state index in [-0.39, 0.29) is 46.3 Å². The number of aromatic nitrogens is 16. The van der Waals surface area contributed by atoms with Crippen molar-refractivity contribution in [1.29, 1.82) is 0 Å². The van der Waals surface area contributed by atoms with E-state index in [1.165, 1.54) is 12.8 Å². The molecule has 4 aliphatic heterocycles. The SMILES string of the molecule is CCn1c(=O)c(-c2ccc(-c3cccc(C)n3)cc2Cl)cc2cnc(NC3CNC(=O)C3)nc21.CCn1c(=O)c(-c2ccc(-c3cccc(C)n3)cc2Cl)cc2cnc(NCCC3CCN(C)CC3)nc21.COCCCn1c(=O)c(-c2ccc(-c3cccc(C)n3)cc2Cl)cc2cnc(N[C@@H]3CCOC3)nc21.COCCCn1c(=O)c(-c2ccc(-c3cccc(C)n3)cc2Cl)cc2cnc(N[C@H]3CCOC3)nc21. The van der Waals surface area contributed by atoms with Crippen molar-refractivity contribution in [2.75, 3.05) is 108 Å². The van der Waals surface area contributed by atoms with Crippen LogP contribution in [0.15, 0.2) is 214 Å². The summed E-state index contributed by atoms with van der Waals surface area (Å²) in [5.41, 5.74) is 17.0. The number of hydrogen-bond acceptors (Lipinski definition) is 26. The lowest BCUT2D eigenvalue weighted by Crippen LogP contribution is -2.31. The Balaban J connectivity index is 0.000000131. The molecule has 1 amide bonds. The molecule has 35 heteroatoms. The number of carbonyl (C=O) groups excluding carboxylic acids is 1. The van der Waals surface area contributed by atoms with Gasteiger partial charge >= 0.3 is 0 Å². The summed E-state index contributed by atoms with van der Waals surface area (Å²) < 4.78 is 28.0. The van der Waals surface area contributed by atoms with Gasteiger partial charge in [-0.1, -0.05) is 119 Å². The van der Waals surface area contributed by atoms with Gasteiger partial charge in [-0.05, 0) is 210 Å². The van der Waals surface area contributed by atoms with E-state index in [9.17, 15) is 24.0 Å². The third kappa shape index (κ3) is 24.1. The fraction of sp³-hybridized carbons (Fsp3) is 0.324. The van der Waals surface area contributed by atoms with Crippen molar-refractivity contribution in [3.63, 3.8) is 0 Å². The lowest BCUT2D eigenvalue weighted by atomic mass is 9.94. The topological polar surface area (TPSA) is 360 Å². The van der Waals surface area contributed by atoms with E-state index in [0.717, 1.165) is 147 Å². The van der Waals surface area contributed by atoms with Gasteiger partial charge in [-0.25, -0.2) is 19.9 Å². The summed E-state index contributed by atoms with van der Waals surface area (Å²) in [5, 5.41) is 20.9. The van der Waals surface area contributed by atoms with Gasteiger partial charge in [0, 0.05) is 242 Å². The van der Waals surface area contributed by atoms with E-state index in [1.54, 1.807) is 63.3 Å². The summed E-state index contributed by atoms with van der Waals surface area (Å²) in [6.07, 6.45) is 14.0. The zero-order valence-electron chi connectivity index (χ0n) is 81.1. The molecule has 4 fully saturated rings. The largest absolute Gasteiger partial charge is 0.385 e. The van der Waals surface area contributed by atoms with Crippen molar-refractivity contribution in [2.45, 2.75) is 137 Å². The quantitative estimate of drug-likeness (QED) is 0.0284. The molecule has 20 rings (SSSR count). The summed E-state index contributed by atoms with van der Waals surface area (Å²) in [6.45, 7) is 20.9. The van der Waals surface area contributed by atoms with Gasteiger partial charge in [0.05, 0.1) is 54.1 Å². The highest BCUT2D eigenvalue weighted by molar-refractivity contribution is 6.35. The Morgan fingerprint density at radius 1 is 0.399 bits per heavy atom. The van der Waals surface area contributed by atoms with Gasteiger partial charge in [-0.15, -0.1) is 0 Å². The van der Waals surface area contributed by atoms with Crippen LogP contribution in [-0.4, -0.2) is 194 Å². The lowest BCUT2D eigenvalue weighted by molar-refractivity contribution is -0.119. The first-order valence-corrected chi connectivity index (χ1v) is 49.6. The fourth-order valence-corrected chi connectivity index (χ4v) is 19.2. The molecule has 4 aliphatic rings. The van der Waals surface area contributed by atoms with Crippen molar-refractivity contribution in [2.24, 2.45) is 5.92 Å². The number of nitrogens with zero attached hydrogens (tertiary/aromatic N) is 17. The van der Waals surface area contributed by atoms with Gasteiger partial charge in [0.2, 0.25) is 29.7 Å². The molecule has 3 atom stereocenters. The highest BCUT2D eigenvalue weighted by Crippen LogP contribution is 2.38. The fourth-order valence-electron chi connectivity index (χ4n) is 18.1. The molecule has 4 aromatic carbocycles. The maximum absolute atomic E-state index is 13.7. The molecule has 0 radical (unpaired) electrons.